The number of piperidine rings is 1. The Balaban J connectivity index is 1.98. The Bertz CT molecular complexity index is 971. The standard InChI is InChI=1S/C19H27NO3/c1-12(2)7-14-11-20-6-5-13-8-18(22-3)19(23-4)9-15(13)16(20)10-17(14)21/h8-9,12,14,16H,5-7,10-11H2,1-4H3/i1D3,2D3,3D3,7D2,12D. The molecular weight excluding hydrogens is 290 g/mol. The molecule has 2 aliphatic rings. The molecule has 1 fully saturated rings. The van der Waals surface area contributed by atoms with E-state index in [1.165, 1.54) is 13.2 Å². The van der Waals surface area contributed by atoms with Crippen molar-refractivity contribution in [1.82, 2.24) is 4.90 Å². The molecule has 2 atom stereocenters. The fourth-order valence-electron chi connectivity index (χ4n) is 3.43. The number of hydrogen-bond acceptors (Lipinski definition) is 4. The zero-order valence-electron chi connectivity index (χ0n) is 24.8. The summed E-state index contributed by atoms with van der Waals surface area (Å²) in [6, 6.07) is 2.57. The van der Waals surface area contributed by atoms with Crippen LogP contribution in [0, 0.1) is 11.8 Å². The predicted molar refractivity (Wildman–Crippen MR) is 90.1 cm³/mol. The van der Waals surface area contributed by atoms with Crippen LogP contribution in [0.5, 0.6) is 11.5 Å². The summed E-state index contributed by atoms with van der Waals surface area (Å²) in [5, 5.41) is 0. The van der Waals surface area contributed by atoms with E-state index >= 15 is 0 Å². The molecule has 126 valence electrons. The molecular formula is C19H27NO3. The molecule has 1 saturated heterocycles. The van der Waals surface area contributed by atoms with Gasteiger partial charge in [0.25, 0.3) is 0 Å². The van der Waals surface area contributed by atoms with Crippen LogP contribution in [-0.4, -0.2) is 37.9 Å². The number of carbonyl (C=O) groups is 1. The second-order valence-corrected chi connectivity index (χ2v) is 5.81. The highest BCUT2D eigenvalue weighted by atomic mass is 16.5. The van der Waals surface area contributed by atoms with Crippen LogP contribution in [0.1, 0.15) is 60.1 Å². The lowest BCUT2D eigenvalue weighted by Gasteiger charge is -2.43. The first-order valence-corrected chi connectivity index (χ1v) is 7.41. The summed E-state index contributed by atoms with van der Waals surface area (Å²) in [6.45, 7) is -6.97. The SMILES string of the molecule is [2H]C([2H])([2H])Oc1cc2c(cc1OC)C1CC(=O)C(C([2H])([2H])C([2H])(C([2H])([2H])[2H])C([2H])([2H])[2H])CN1CC2. The van der Waals surface area contributed by atoms with Gasteiger partial charge in [0.2, 0.25) is 0 Å². The minimum absolute atomic E-state index is 0.0189. The number of ether oxygens (including phenoxy) is 2. The average Bonchev–Trinajstić information content (AvgIpc) is 2.69. The third kappa shape index (κ3) is 3.09. The quantitative estimate of drug-likeness (QED) is 0.850. The van der Waals surface area contributed by atoms with Gasteiger partial charge in [-0.2, -0.15) is 0 Å². The van der Waals surface area contributed by atoms with Gasteiger partial charge in [-0.15, -0.1) is 0 Å². The molecule has 23 heavy (non-hydrogen) atoms. The number of benzene rings is 1. The molecule has 0 aromatic heterocycles. The molecule has 0 N–H and O–H groups in total. The molecule has 4 nitrogen and oxygen atoms in total. The van der Waals surface area contributed by atoms with E-state index in [1.54, 1.807) is 11.0 Å². The maximum atomic E-state index is 13.2. The fourth-order valence-corrected chi connectivity index (χ4v) is 3.43. The Morgan fingerprint density at radius 2 is 2.26 bits per heavy atom. The van der Waals surface area contributed by atoms with Crippen LogP contribution in [0.4, 0.5) is 0 Å². The molecule has 1 aromatic carbocycles. The summed E-state index contributed by atoms with van der Waals surface area (Å²) in [7, 11) is -1.36. The molecule has 0 bridgehead atoms. The van der Waals surface area contributed by atoms with Crippen molar-refractivity contribution in [3.8, 4) is 11.5 Å². The van der Waals surface area contributed by atoms with E-state index < -0.39 is 50.8 Å². The molecule has 0 aliphatic carbocycles. The summed E-state index contributed by atoms with van der Waals surface area (Å²) in [6.07, 6.45) is -3.03. The van der Waals surface area contributed by atoms with Crippen molar-refractivity contribution in [2.24, 2.45) is 11.8 Å². The molecule has 0 amide bonds. The van der Waals surface area contributed by atoms with Gasteiger partial charge in [0.05, 0.1) is 18.3 Å². The third-order valence-electron chi connectivity index (χ3n) is 4.52. The highest BCUT2D eigenvalue weighted by molar-refractivity contribution is 5.83. The Labute approximate surface area is 155 Å². The van der Waals surface area contributed by atoms with Gasteiger partial charge in [0, 0.05) is 43.8 Å². The first-order valence-electron chi connectivity index (χ1n) is 13.4. The van der Waals surface area contributed by atoms with Crippen LogP contribution in [0.2, 0.25) is 0 Å². The van der Waals surface area contributed by atoms with Crippen molar-refractivity contribution in [3.63, 3.8) is 0 Å². The van der Waals surface area contributed by atoms with Crippen LogP contribution >= 0.6 is 0 Å². The predicted octanol–water partition coefficient (Wildman–Crippen LogP) is 3.24. The first-order chi connectivity index (χ1) is 15.7. The van der Waals surface area contributed by atoms with Gasteiger partial charge in [-0.05, 0) is 41.9 Å². The number of carbonyl (C=O) groups excluding carboxylic acids is 1. The normalized spacial score (nSPS) is 34.7. The highest BCUT2D eigenvalue weighted by Gasteiger charge is 2.38. The minimum Gasteiger partial charge on any atom is -0.493 e. The van der Waals surface area contributed by atoms with Crippen molar-refractivity contribution in [2.75, 3.05) is 27.2 Å². The third-order valence-corrected chi connectivity index (χ3v) is 4.52. The van der Waals surface area contributed by atoms with E-state index in [1.807, 2.05) is 0 Å². The minimum atomic E-state index is -3.52. The summed E-state index contributed by atoms with van der Waals surface area (Å²) >= 11 is 0. The highest BCUT2D eigenvalue weighted by Crippen LogP contribution is 2.42. The summed E-state index contributed by atoms with van der Waals surface area (Å²) in [5.41, 5.74) is 1.38. The Morgan fingerprint density at radius 1 is 1.43 bits per heavy atom. The maximum Gasteiger partial charge on any atom is 0.161 e. The molecule has 2 aliphatic heterocycles. The van der Waals surface area contributed by atoms with Crippen molar-refractivity contribution in [1.29, 1.82) is 0 Å². The van der Waals surface area contributed by atoms with E-state index in [-0.39, 0.29) is 24.5 Å². The molecule has 2 unspecified atom stereocenters. The average molecular weight is 330 g/mol. The van der Waals surface area contributed by atoms with Crippen molar-refractivity contribution in [3.05, 3.63) is 23.3 Å². The second-order valence-electron chi connectivity index (χ2n) is 5.81. The van der Waals surface area contributed by atoms with Gasteiger partial charge in [0.1, 0.15) is 5.78 Å². The second kappa shape index (κ2) is 6.52. The number of methoxy groups -OCH3 is 2. The van der Waals surface area contributed by atoms with E-state index in [0.29, 0.717) is 18.5 Å². The number of rotatable bonds is 4. The van der Waals surface area contributed by atoms with Crippen molar-refractivity contribution in [2.45, 2.75) is 39.0 Å². The lowest BCUT2D eigenvalue weighted by Crippen LogP contribution is -2.46. The number of nitrogens with zero attached hydrogens (tertiary/aromatic N) is 1. The van der Waals surface area contributed by atoms with Gasteiger partial charge in [-0.25, -0.2) is 0 Å². The Morgan fingerprint density at radius 3 is 3.00 bits per heavy atom. The van der Waals surface area contributed by atoms with Crippen LogP contribution in [0.3, 0.4) is 0 Å². The maximum absolute atomic E-state index is 13.2. The van der Waals surface area contributed by atoms with Gasteiger partial charge < -0.3 is 9.47 Å². The summed E-state index contributed by atoms with van der Waals surface area (Å²) in [5.74, 6) is -5.68. The first kappa shape index (κ1) is 7.14. The lowest BCUT2D eigenvalue weighted by atomic mass is 9.80. The van der Waals surface area contributed by atoms with E-state index in [9.17, 15) is 4.79 Å². The van der Waals surface area contributed by atoms with Crippen LogP contribution < -0.4 is 9.47 Å². The molecule has 1 aromatic rings. The number of fused-ring (bicyclic) bond motifs is 3. The van der Waals surface area contributed by atoms with Gasteiger partial charge in [0.15, 0.2) is 11.5 Å². The van der Waals surface area contributed by atoms with Gasteiger partial charge in [-0.3, -0.25) is 9.69 Å². The largest absolute Gasteiger partial charge is 0.493 e. The van der Waals surface area contributed by atoms with Crippen LogP contribution in [0.15, 0.2) is 12.1 Å². The number of hydrogen-bond donors (Lipinski definition) is 0. The molecule has 3 rings (SSSR count). The Hall–Kier alpha value is -1.55. The monoisotopic (exact) mass is 329 g/mol. The van der Waals surface area contributed by atoms with E-state index in [0.717, 1.165) is 5.56 Å². The number of ketones is 1. The Kier molecular flexibility index (Phi) is 2.02. The van der Waals surface area contributed by atoms with Crippen LogP contribution in [-0.2, 0) is 11.2 Å². The van der Waals surface area contributed by atoms with Crippen LogP contribution in [0.25, 0.3) is 0 Å². The van der Waals surface area contributed by atoms with Crippen molar-refractivity contribution >= 4 is 5.78 Å². The smallest absolute Gasteiger partial charge is 0.161 e. The summed E-state index contributed by atoms with van der Waals surface area (Å²) in [4.78, 5) is 14.9. The van der Waals surface area contributed by atoms with Crippen molar-refractivity contribution < 1.29 is 30.7 Å². The zero-order chi connectivity index (χ0) is 26.8. The number of Topliss-reactive ketones (excluding diaryl/α,β-unsaturated/α-hetero) is 1. The molecule has 4 heteroatoms. The van der Waals surface area contributed by atoms with Gasteiger partial charge >= 0.3 is 0 Å². The fraction of sp³-hybridized carbons (Fsp3) is 0.632. The van der Waals surface area contributed by atoms with E-state index in [4.69, 9.17) is 25.9 Å². The molecule has 0 radical (unpaired) electrons. The molecule has 2 heterocycles. The van der Waals surface area contributed by atoms with E-state index in [2.05, 4.69) is 0 Å². The topological polar surface area (TPSA) is 38.8 Å². The molecule has 0 spiro atoms. The lowest BCUT2D eigenvalue weighted by molar-refractivity contribution is -0.129. The summed E-state index contributed by atoms with van der Waals surface area (Å²) < 4.78 is 103. The van der Waals surface area contributed by atoms with Gasteiger partial charge in [-0.1, -0.05) is 13.7 Å². The molecule has 0 saturated carbocycles. The zero-order valence-corrected chi connectivity index (χ0v) is 12.8.